The van der Waals surface area contributed by atoms with E-state index in [4.69, 9.17) is 10.00 Å². The van der Waals surface area contributed by atoms with Gasteiger partial charge in [-0.3, -0.25) is 4.79 Å². The number of aryl methyl sites for hydroxylation is 1. The van der Waals surface area contributed by atoms with Crippen LogP contribution in [-0.2, 0) is 9.53 Å². The lowest BCUT2D eigenvalue weighted by molar-refractivity contribution is -0.104. The van der Waals surface area contributed by atoms with Gasteiger partial charge in [-0.15, -0.1) is 0 Å². The van der Waals surface area contributed by atoms with Crippen LogP contribution in [0.5, 0.6) is 11.5 Å². The fourth-order valence-corrected chi connectivity index (χ4v) is 1.95. The first-order valence-corrected chi connectivity index (χ1v) is 8.11. The monoisotopic (exact) mass is 367 g/mol. The van der Waals surface area contributed by atoms with Crippen LogP contribution in [-0.4, -0.2) is 31.1 Å². The molecule has 27 heavy (non-hydrogen) atoms. The normalized spacial score (nSPS) is 9.81. The Morgan fingerprint density at radius 3 is 2.44 bits per heavy atom. The SMILES string of the molecule is COCCC#N.Cc1cc(OC(=O)c2ccc(O)cc2)ccc1/C=C/C=O. The molecule has 0 saturated carbocycles. The minimum absolute atomic E-state index is 0.0914. The van der Waals surface area contributed by atoms with Gasteiger partial charge in [0.05, 0.1) is 24.7 Å². The van der Waals surface area contributed by atoms with Crippen molar-refractivity contribution in [1.82, 2.24) is 0 Å². The number of phenolic OH excluding ortho intramolecular Hbond substituents is 1. The third kappa shape index (κ3) is 7.99. The molecule has 0 fully saturated rings. The molecule has 0 aliphatic carbocycles. The number of methoxy groups -OCH3 is 1. The van der Waals surface area contributed by atoms with Crippen LogP contribution in [0, 0.1) is 18.3 Å². The van der Waals surface area contributed by atoms with Crippen molar-refractivity contribution in [1.29, 1.82) is 5.26 Å². The van der Waals surface area contributed by atoms with E-state index in [1.165, 1.54) is 30.3 Å². The molecule has 6 heteroatoms. The molecule has 0 saturated heterocycles. The van der Waals surface area contributed by atoms with Crippen molar-refractivity contribution in [2.75, 3.05) is 13.7 Å². The average Bonchev–Trinajstić information content (AvgIpc) is 2.66. The molecule has 0 atom stereocenters. The number of hydrogen-bond acceptors (Lipinski definition) is 6. The summed E-state index contributed by atoms with van der Waals surface area (Å²) in [5, 5.41) is 17.0. The van der Waals surface area contributed by atoms with Crippen molar-refractivity contribution < 1.29 is 24.2 Å². The Hall–Kier alpha value is -3.43. The molecule has 2 aromatic carbocycles. The molecule has 0 spiro atoms. The number of benzene rings is 2. The summed E-state index contributed by atoms with van der Waals surface area (Å²) >= 11 is 0. The van der Waals surface area contributed by atoms with Crippen LogP contribution in [0.4, 0.5) is 0 Å². The van der Waals surface area contributed by atoms with E-state index < -0.39 is 5.97 Å². The highest BCUT2D eigenvalue weighted by Crippen LogP contribution is 2.20. The molecule has 2 aromatic rings. The minimum atomic E-state index is -0.495. The summed E-state index contributed by atoms with van der Waals surface area (Å²) in [6, 6.07) is 12.9. The average molecular weight is 367 g/mol. The Kier molecular flexibility index (Phi) is 9.61. The molecule has 0 aromatic heterocycles. The van der Waals surface area contributed by atoms with Crippen LogP contribution < -0.4 is 4.74 Å². The number of aromatic hydroxyl groups is 1. The number of hydrogen-bond donors (Lipinski definition) is 1. The summed E-state index contributed by atoms with van der Waals surface area (Å²) < 4.78 is 9.83. The number of carbonyl (C=O) groups excluding carboxylic acids is 2. The predicted octanol–water partition coefficient (Wildman–Crippen LogP) is 3.68. The zero-order valence-electron chi connectivity index (χ0n) is 15.2. The van der Waals surface area contributed by atoms with Gasteiger partial charge < -0.3 is 14.6 Å². The summed E-state index contributed by atoms with van der Waals surface area (Å²) in [6.45, 7) is 2.42. The molecule has 0 amide bonds. The van der Waals surface area contributed by atoms with E-state index in [-0.39, 0.29) is 5.75 Å². The Balaban J connectivity index is 0.000000527. The molecule has 140 valence electrons. The van der Waals surface area contributed by atoms with Gasteiger partial charge in [-0.1, -0.05) is 12.1 Å². The molecule has 0 unspecified atom stereocenters. The van der Waals surface area contributed by atoms with Gasteiger partial charge in [0.1, 0.15) is 17.8 Å². The Bertz CT molecular complexity index is 819. The van der Waals surface area contributed by atoms with Crippen LogP contribution in [0.3, 0.4) is 0 Å². The van der Waals surface area contributed by atoms with Crippen LogP contribution >= 0.6 is 0 Å². The van der Waals surface area contributed by atoms with Gasteiger partial charge in [0.15, 0.2) is 0 Å². The number of rotatable bonds is 6. The van der Waals surface area contributed by atoms with Crippen LogP contribution in [0.2, 0.25) is 0 Å². The number of nitriles is 1. The van der Waals surface area contributed by atoms with E-state index in [0.29, 0.717) is 30.6 Å². The lowest BCUT2D eigenvalue weighted by atomic mass is 10.1. The van der Waals surface area contributed by atoms with Crippen molar-refractivity contribution in [3.63, 3.8) is 0 Å². The largest absolute Gasteiger partial charge is 0.508 e. The fraction of sp³-hybridized carbons (Fsp3) is 0.190. The van der Waals surface area contributed by atoms with Gasteiger partial charge in [0.2, 0.25) is 0 Å². The zero-order valence-corrected chi connectivity index (χ0v) is 15.2. The second-order valence-electron chi connectivity index (χ2n) is 5.35. The highest BCUT2D eigenvalue weighted by atomic mass is 16.5. The van der Waals surface area contributed by atoms with E-state index in [2.05, 4.69) is 4.74 Å². The van der Waals surface area contributed by atoms with E-state index in [1.807, 2.05) is 13.0 Å². The van der Waals surface area contributed by atoms with Gasteiger partial charge in [-0.25, -0.2) is 4.79 Å². The molecule has 0 aliphatic heterocycles. The van der Waals surface area contributed by atoms with Crippen molar-refractivity contribution in [3.05, 3.63) is 65.2 Å². The molecule has 1 N–H and O–H groups in total. The first-order chi connectivity index (χ1) is 13.0. The highest BCUT2D eigenvalue weighted by Gasteiger charge is 2.09. The standard InChI is InChI=1S/C17H14O4.C4H7NO/c1-12-11-16(9-6-13(12)3-2-10-18)21-17(20)14-4-7-15(19)8-5-14;1-6-4-2-3-5/h2-11,19H,1H3;2,4H2,1H3/b3-2+;. The lowest BCUT2D eigenvalue weighted by Crippen LogP contribution is -2.08. The van der Waals surface area contributed by atoms with Crippen LogP contribution in [0.15, 0.2) is 48.5 Å². The Morgan fingerprint density at radius 1 is 1.22 bits per heavy atom. The zero-order chi connectivity index (χ0) is 20.1. The van der Waals surface area contributed by atoms with E-state index in [1.54, 1.807) is 31.4 Å². The number of nitrogens with zero attached hydrogens (tertiary/aromatic N) is 1. The summed E-state index contributed by atoms with van der Waals surface area (Å²) in [4.78, 5) is 22.2. The number of carbonyl (C=O) groups is 2. The van der Waals surface area contributed by atoms with E-state index in [0.717, 1.165) is 11.1 Å². The smallest absolute Gasteiger partial charge is 0.343 e. The molecule has 0 heterocycles. The molecule has 2 rings (SSSR count). The maximum Gasteiger partial charge on any atom is 0.343 e. The topological polar surface area (TPSA) is 96.6 Å². The molecule has 0 radical (unpaired) electrons. The summed E-state index contributed by atoms with van der Waals surface area (Å²) in [5.41, 5.74) is 2.13. The van der Waals surface area contributed by atoms with Gasteiger partial charge in [0, 0.05) is 7.11 Å². The van der Waals surface area contributed by atoms with Gasteiger partial charge in [-0.2, -0.15) is 5.26 Å². The molecule has 6 nitrogen and oxygen atoms in total. The summed E-state index contributed by atoms with van der Waals surface area (Å²) in [7, 11) is 1.58. The first-order valence-electron chi connectivity index (χ1n) is 8.11. The third-order valence-corrected chi connectivity index (χ3v) is 3.33. The molecule has 0 aliphatic rings. The number of aldehydes is 1. The summed E-state index contributed by atoms with van der Waals surface area (Å²) in [6.07, 6.45) is 4.30. The fourth-order valence-electron chi connectivity index (χ4n) is 1.95. The number of allylic oxidation sites excluding steroid dienone is 1. The Morgan fingerprint density at radius 2 is 1.93 bits per heavy atom. The van der Waals surface area contributed by atoms with Gasteiger partial charge in [-0.05, 0) is 60.5 Å². The van der Waals surface area contributed by atoms with E-state index in [9.17, 15) is 14.7 Å². The van der Waals surface area contributed by atoms with Gasteiger partial charge in [0.25, 0.3) is 0 Å². The van der Waals surface area contributed by atoms with Gasteiger partial charge >= 0.3 is 5.97 Å². The second-order valence-corrected chi connectivity index (χ2v) is 5.35. The molecule has 0 bridgehead atoms. The van der Waals surface area contributed by atoms with Crippen LogP contribution in [0.25, 0.3) is 6.08 Å². The predicted molar refractivity (Wildman–Crippen MR) is 101 cm³/mol. The second kappa shape index (κ2) is 12.0. The quantitative estimate of drug-likeness (QED) is 0.275. The molecular formula is C21H21NO5. The van der Waals surface area contributed by atoms with Crippen molar-refractivity contribution >= 4 is 18.3 Å². The van der Waals surface area contributed by atoms with Crippen molar-refractivity contribution in [2.24, 2.45) is 0 Å². The summed E-state index contributed by atoms with van der Waals surface area (Å²) in [5.74, 6) is 0.0214. The van der Waals surface area contributed by atoms with Crippen molar-refractivity contribution in [2.45, 2.75) is 13.3 Å². The van der Waals surface area contributed by atoms with Crippen LogP contribution in [0.1, 0.15) is 27.9 Å². The molecular weight excluding hydrogens is 346 g/mol. The number of esters is 1. The number of phenols is 1. The third-order valence-electron chi connectivity index (χ3n) is 3.33. The van der Waals surface area contributed by atoms with E-state index >= 15 is 0 Å². The lowest BCUT2D eigenvalue weighted by Gasteiger charge is -2.07. The number of ether oxygens (including phenoxy) is 2. The minimum Gasteiger partial charge on any atom is -0.508 e. The maximum atomic E-state index is 11.9. The highest BCUT2D eigenvalue weighted by molar-refractivity contribution is 5.91. The Labute approximate surface area is 158 Å². The maximum absolute atomic E-state index is 11.9. The van der Waals surface area contributed by atoms with Crippen molar-refractivity contribution in [3.8, 4) is 17.6 Å². The first kappa shape index (κ1) is 21.6.